The summed E-state index contributed by atoms with van der Waals surface area (Å²) in [6.45, 7) is 6.45. The summed E-state index contributed by atoms with van der Waals surface area (Å²) in [5.74, 6) is -0.924. The van der Waals surface area contributed by atoms with Gasteiger partial charge in [-0.15, -0.1) is 0 Å². The van der Waals surface area contributed by atoms with Crippen LogP contribution in [0, 0.1) is 0 Å². The first-order valence-electron chi connectivity index (χ1n) is 27.7. The van der Waals surface area contributed by atoms with Crippen molar-refractivity contribution in [1.29, 1.82) is 0 Å². The summed E-state index contributed by atoms with van der Waals surface area (Å²) in [7, 11) is 0. The van der Waals surface area contributed by atoms with Crippen LogP contribution in [0.2, 0.25) is 0 Å². The van der Waals surface area contributed by atoms with Crippen molar-refractivity contribution in [2.45, 2.75) is 258 Å². The Morgan fingerprint density at radius 1 is 0.313 bits per heavy atom. The lowest BCUT2D eigenvalue weighted by atomic mass is 10.1. The van der Waals surface area contributed by atoms with Crippen LogP contribution in [-0.4, -0.2) is 37.2 Å². The van der Waals surface area contributed by atoms with Gasteiger partial charge in [0.2, 0.25) is 0 Å². The lowest BCUT2D eigenvalue weighted by Crippen LogP contribution is -2.30. The Bertz CT molecular complexity index is 1350. The zero-order chi connectivity index (χ0) is 48.6. The summed E-state index contributed by atoms with van der Waals surface area (Å²) in [5, 5.41) is 0. The standard InChI is InChI=1S/C61H102O6/c1-4-7-10-13-16-19-21-23-25-27-28-29-30-31-32-34-35-37-39-42-45-48-51-54-60(63)66-57-58(56-65-59(62)53-50-47-44-41-18-15-12-9-6-3)67-61(64)55-52-49-46-43-40-38-36-33-26-24-22-20-17-14-11-8-5-2/h7,10,16-17,19-20,23-26,28-29,31-32,35,37,58H,4-6,8-9,11-15,18,21-22,27,30,33-34,36,38-57H2,1-3H3/b10-7-,19-16-,20-17-,25-23-,26-24-,29-28-,32-31-,37-35-. The van der Waals surface area contributed by atoms with Crippen LogP contribution in [-0.2, 0) is 28.6 Å². The smallest absolute Gasteiger partial charge is 0.306 e. The lowest BCUT2D eigenvalue weighted by molar-refractivity contribution is -0.167. The third kappa shape index (κ3) is 53.2. The van der Waals surface area contributed by atoms with E-state index in [4.69, 9.17) is 14.2 Å². The molecule has 0 aromatic heterocycles. The largest absolute Gasteiger partial charge is 0.462 e. The minimum atomic E-state index is -0.791. The van der Waals surface area contributed by atoms with E-state index in [0.717, 1.165) is 122 Å². The average molecular weight is 931 g/mol. The summed E-state index contributed by atoms with van der Waals surface area (Å²) in [6, 6.07) is 0. The third-order valence-corrected chi connectivity index (χ3v) is 11.6. The van der Waals surface area contributed by atoms with Crippen LogP contribution in [0.3, 0.4) is 0 Å². The first-order chi connectivity index (χ1) is 33.0. The normalized spacial score (nSPS) is 12.8. The second kappa shape index (κ2) is 54.9. The number of hydrogen-bond acceptors (Lipinski definition) is 6. The van der Waals surface area contributed by atoms with Gasteiger partial charge in [0.05, 0.1) is 0 Å². The van der Waals surface area contributed by atoms with Crippen molar-refractivity contribution < 1.29 is 28.6 Å². The molecular formula is C61H102O6. The van der Waals surface area contributed by atoms with E-state index in [0.29, 0.717) is 19.3 Å². The van der Waals surface area contributed by atoms with Gasteiger partial charge in [0.15, 0.2) is 6.10 Å². The predicted molar refractivity (Wildman–Crippen MR) is 288 cm³/mol. The molecule has 0 aliphatic rings. The van der Waals surface area contributed by atoms with Crippen LogP contribution in [0.5, 0.6) is 0 Å². The van der Waals surface area contributed by atoms with E-state index >= 15 is 0 Å². The highest BCUT2D eigenvalue weighted by Crippen LogP contribution is 2.14. The third-order valence-electron chi connectivity index (χ3n) is 11.6. The molecule has 0 aromatic rings. The molecule has 382 valence electrons. The number of allylic oxidation sites excluding steroid dienone is 16. The first-order valence-corrected chi connectivity index (χ1v) is 27.7. The number of rotatable bonds is 49. The van der Waals surface area contributed by atoms with Crippen LogP contribution in [0.4, 0.5) is 0 Å². The second-order valence-electron chi connectivity index (χ2n) is 18.1. The molecule has 0 radical (unpaired) electrons. The number of carbonyl (C=O) groups is 3. The van der Waals surface area contributed by atoms with Gasteiger partial charge in [0.25, 0.3) is 0 Å². The molecule has 0 aliphatic carbocycles. The first kappa shape index (κ1) is 63.3. The Morgan fingerprint density at radius 3 is 0.940 bits per heavy atom. The molecule has 6 nitrogen and oxygen atoms in total. The molecule has 0 amide bonds. The fourth-order valence-electron chi connectivity index (χ4n) is 7.42. The zero-order valence-corrected chi connectivity index (χ0v) is 43.6. The van der Waals surface area contributed by atoms with Crippen LogP contribution >= 0.6 is 0 Å². The summed E-state index contributed by atoms with van der Waals surface area (Å²) < 4.78 is 16.8. The Hall–Kier alpha value is -3.67. The number of hydrogen-bond donors (Lipinski definition) is 0. The van der Waals surface area contributed by atoms with Crippen molar-refractivity contribution in [3.63, 3.8) is 0 Å². The predicted octanol–water partition coefficient (Wildman–Crippen LogP) is 18.5. The minimum Gasteiger partial charge on any atom is -0.462 e. The monoisotopic (exact) mass is 931 g/mol. The highest BCUT2D eigenvalue weighted by Gasteiger charge is 2.19. The quantitative estimate of drug-likeness (QED) is 0.0262. The number of ether oxygens (including phenoxy) is 3. The molecule has 0 saturated carbocycles. The molecule has 0 N–H and O–H groups in total. The fraction of sp³-hybridized carbons (Fsp3) is 0.689. The maximum Gasteiger partial charge on any atom is 0.306 e. The molecule has 0 spiro atoms. The van der Waals surface area contributed by atoms with E-state index in [9.17, 15) is 14.4 Å². The Morgan fingerprint density at radius 2 is 0.582 bits per heavy atom. The number of esters is 3. The molecule has 1 atom stereocenters. The van der Waals surface area contributed by atoms with Gasteiger partial charge < -0.3 is 14.2 Å². The van der Waals surface area contributed by atoms with Crippen molar-refractivity contribution in [2.75, 3.05) is 13.2 Å². The van der Waals surface area contributed by atoms with Gasteiger partial charge in [-0.1, -0.05) is 227 Å². The van der Waals surface area contributed by atoms with Crippen molar-refractivity contribution in [1.82, 2.24) is 0 Å². The van der Waals surface area contributed by atoms with Crippen LogP contribution < -0.4 is 0 Å². The zero-order valence-electron chi connectivity index (χ0n) is 43.6. The van der Waals surface area contributed by atoms with E-state index in [1.807, 2.05) is 0 Å². The summed E-state index contributed by atoms with van der Waals surface area (Å²) in [4.78, 5) is 38.0. The van der Waals surface area contributed by atoms with Gasteiger partial charge in [-0.3, -0.25) is 14.4 Å². The van der Waals surface area contributed by atoms with E-state index in [1.54, 1.807) is 0 Å². The number of unbranched alkanes of at least 4 members (excludes halogenated alkanes) is 22. The topological polar surface area (TPSA) is 78.9 Å². The van der Waals surface area contributed by atoms with Gasteiger partial charge in [-0.25, -0.2) is 0 Å². The van der Waals surface area contributed by atoms with Gasteiger partial charge in [-0.05, 0) is 103 Å². The van der Waals surface area contributed by atoms with Crippen LogP contribution in [0.1, 0.15) is 252 Å². The number of carbonyl (C=O) groups excluding carboxylic acids is 3. The van der Waals surface area contributed by atoms with Crippen molar-refractivity contribution in [3.8, 4) is 0 Å². The molecule has 0 bridgehead atoms. The van der Waals surface area contributed by atoms with Crippen LogP contribution in [0.15, 0.2) is 97.2 Å². The fourth-order valence-corrected chi connectivity index (χ4v) is 7.42. The second-order valence-corrected chi connectivity index (χ2v) is 18.1. The highest BCUT2D eigenvalue weighted by molar-refractivity contribution is 5.71. The Balaban J connectivity index is 4.36. The molecule has 0 rings (SSSR count). The summed E-state index contributed by atoms with van der Waals surface area (Å²) in [5.41, 5.74) is 0. The minimum absolute atomic E-state index is 0.0885. The average Bonchev–Trinajstić information content (AvgIpc) is 3.33. The highest BCUT2D eigenvalue weighted by atomic mass is 16.6. The molecule has 0 fully saturated rings. The van der Waals surface area contributed by atoms with Crippen molar-refractivity contribution in [2.24, 2.45) is 0 Å². The van der Waals surface area contributed by atoms with Gasteiger partial charge in [0.1, 0.15) is 13.2 Å². The van der Waals surface area contributed by atoms with Gasteiger partial charge in [0, 0.05) is 19.3 Å². The molecule has 0 aliphatic heterocycles. The summed E-state index contributed by atoms with van der Waals surface area (Å²) >= 11 is 0. The van der Waals surface area contributed by atoms with Gasteiger partial charge >= 0.3 is 17.9 Å². The SMILES string of the molecule is CC/C=C\C/C=C\C/C=C\C/C=C\C/C=C\C/C=C\CCCCCCC(=O)OCC(COC(=O)CCCCCCCCCCC)OC(=O)CCCCCCCCC/C=C\C/C=C\CCCCC. The van der Waals surface area contributed by atoms with Crippen molar-refractivity contribution >= 4 is 17.9 Å². The molecule has 0 heterocycles. The molecular weight excluding hydrogens is 829 g/mol. The van der Waals surface area contributed by atoms with E-state index in [1.165, 1.54) is 89.9 Å². The van der Waals surface area contributed by atoms with E-state index in [-0.39, 0.29) is 31.1 Å². The molecule has 0 saturated heterocycles. The van der Waals surface area contributed by atoms with Crippen molar-refractivity contribution in [3.05, 3.63) is 97.2 Å². The Kier molecular flexibility index (Phi) is 51.9. The maximum atomic E-state index is 12.8. The van der Waals surface area contributed by atoms with Crippen LogP contribution in [0.25, 0.3) is 0 Å². The molecule has 0 aromatic carbocycles. The van der Waals surface area contributed by atoms with E-state index < -0.39 is 6.10 Å². The molecule has 1 unspecified atom stereocenters. The molecule has 6 heteroatoms. The maximum absolute atomic E-state index is 12.8. The van der Waals surface area contributed by atoms with E-state index in [2.05, 4.69) is 118 Å². The summed E-state index contributed by atoms with van der Waals surface area (Å²) in [6.07, 6.45) is 72.5. The van der Waals surface area contributed by atoms with Gasteiger partial charge in [-0.2, -0.15) is 0 Å². The molecule has 67 heavy (non-hydrogen) atoms. The Labute approximate surface area is 413 Å². The lowest BCUT2D eigenvalue weighted by Gasteiger charge is -2.18.